The van der Waals surface area contributed by atoms with Crippen LogP contribution < -0.4 is 0 Å². The zero-order chi connectivity index (χ0) is 11.9. The Balaban J connectivity index is 2.54. The number of hydrogen-bond acceptors (Lipinski definition) is 2. The van der Waals surface area contributed by atoms with E-state index in [-0.39, 0.29) is 5.41 Å². The highest BCUT2D eigenvalue weighted by molar-refractivity contribution is 5.74. The van der Waals surface area contributed by atoms with Crippen molar-refractivity contribution in [3.63, 3.8) is 0 Å². The first-order chi connectivity index (χ1) is 7.38. The summed E-state index contributed by atoms with van der Waals surface area (Å²) in [6.07, 6.45) is 1.88. The van der Waals surface area contributed by atoms with Gasteiger partial charge in [0, 0.05) is 11.1 Å². The molecule has 0 bridgehead atoms. The van der Waals surface area contributed by atoms with Crippen molar-refractivity contribution in [3.8, 4) is 0 Å². The summed E-state index contributed by atoms with van der Waals surface area (Å²) in [6, 6.07) is 2.08. The smallest absolute Gasteiger partial charge is 0.112 e. The van der Waals surface area contributed by atoms with Gasteiger partial charge in [-0.05, 0) is 12.0 Å². The molecule has 0 aromatic carbocycles. The number of fused-ring (bicyclic) bond motifs is 1. The van der Waals surface area contributed by atoms with Crippen LogP contribution in [0, 0.1) is 0 Å². The van der Waals surface area contributed by atoms with Crippen molar-refractivity contribution >= 4 is 11.0 Å². The molecule has 0 aliphatic heterocycles. The van der Waals surface area contributed by atoms with Crippen molar-refractivity contribution in [1.82, 2.24) is 15.0 Å². The van der Waals surface area contributed by atoms with Gasteiger partial charge in [-0.15, -0.1) is 0 Å². The highest BCUT2D eigenvalue weighted by Crippen LogP contribution is 2.23. The van der Waals surface area contributed by atoms with Gasteiger partial charge in [-0.1, -0.05) is 34.6 Å². The predicted molar refractivity (Wildman–Crippen MR) is 66.7 cm³/mol. The molecule has 0 aliphatic rings. The molecule has 0 saturated carbocycles. The van der Waals surface area contributed by atoms with Gasteiger partial charge in [0.25, 0.3) is 0 Å². The topological polar surface area (TPSA) is 41.6 Å². The monoisotopic (exact) mass is 217 g/mol. The third kappa shape index (κ3) is 1.94. The Morgan fingerprint density at radius 2 is 1.94 bits per heavy atom. The molecule has 0 spiro atoms. The van der Waals surface area contributed by atoms with Crippen LogP contribution in [0.1, 0.15) is 52.1 Å². The summed E-state index contributed by atoms with van der Waals surface area (Å²) >= 11 is 0. The van der Waals surface area contributed by atoms with Gasteiger partial charge < -0.3 is 4.98 Å². The van der Waals surface area contributed by atoms with Gasteiger partial charge in [0.05, 0.1) is 17.2 Å². The van der Waals surface area contributed by atoms with Crippen LogP contribution in [0.2, 0.25) is 0 Å². The molecule has 3 nitrogen and oxygen atoms in total. The molecule has 0 saturated heterocycles. The lowest BCUT2D eigenvalue weighted by atomic mass is 9.96. The fourth-order valence-electron chi connectivity index (χ4n) is 1.60. The van der Waals surface area contributed by atoms with Crippen LogP contribution >= 0.6 is 0 Å². The quantitative estimate of drug-likeness (QED) is 0.795. The fourth-order valence-corrected chi connectivity index (χ4v) is 1.60. The van der Waals surface area contributed by atoms with E-state index in [9.17, 15) is 0 Å². The van der Waals surface area contributed by atoms with Crippen molar-refractivity contribution in [2.75, 3.05) is 0 Å². The largest absolute Gasteiger partial charge is 0.340 e. The van der Waals surface area contributed by atoms with Crippen molar-refractivity contribution in [2.45, 2.75) is 46.0 Å². The van der Waals surface area contributed by atoms with E-state index in [4.69, 9.17) is 0 Å². The molecular formula is C13H19N3. The molecule has 2 aromatic rings. The molecule has 1 N–H and O–H groups in total. The number of hydrogen-bond donors (Lipinski definition) is 1. The molecule has 2 heterocycles. The Labute approximate surface area is 96.3 Å². The van der Waals surface area contributed by atoms with Crippen LogP contribution in [-0.4, -0.2) is 15.0 Å². The molecular weight excluding hydrogens is 198 g/mol. The lowest BCUT2D eigenvalue weighted by Crippen LogP contribution is -2.12. The minimum atomic E-state index is 0.0526. The van der Waals surface area contributed by atoms with Gasteiger partial charge in [-0.25, -0.2) is 4.98 Å². The van der Waals surface area contributed by atoms with Crippen molar-refractivity contribution < 1.29 is 0 Å². The minimum Gasteiger partial charge on any atom is -0.340 e. The van der Waals surface area contributed by atoms with Crippen LogP contribution in [-0.2, 0) is 5.41 Å². The average Bonchev–Trinajstić information content (AvgIpc) is 2.58. The number of pyridine rings is 1. The number of aromatic nitrogens is 3. The summed E-state index contributed by atoms with van der Waals surface area (Å²) in [5, 5.41) is 0. The Morgan fingerprint density at radius 3 is 2.50 bits per heavy atom. The van der Waals surface area contributed by atoms with E-state index < -0.39 is 0 Å². The number of H-pyrrole nitrogens is 1. The number of nitrogens with zero attached hydrogens (tertiary/aromatic N) is 2. The van der Waals surface area contributed by atoms with Gasteiger partial charge in [0.15, 0.2) is 0 Å². The average molecular weight is 217 g/mol. The van der Waals surface area contributed by atoms with Crippen LogP contribution in [0.25, 0.3) is 11.0 Å². The molecule has 0 aliphatic carbocycles. The Kier molecular flexibility index (Phi) is 2.49. The highest BCUT2D eigenvalue weighted by Gasteiger charge is 2.18. The van der Waals surface area contributed by atoms with E-state index in [0.717, 1.165) is 22.6 Å². The summed E-state index contributed by atoms with van der Waals surface area (Å²) in [6.45, 7) is 10.8. The fraction of sp³-hybridized carbons (Fsp3) is 0.538. The van der Waals surface area contributed by atoms with Crippen LogP contribution in [0.3, 0.4) is 0 Å². The standard InChI is InChI=1S/C13H19N3/c1-8(2)9-6-10-11(7-14-9)16-12(15-10)13(3,4)5/h6-8H,1-5H3,(H,15,16). The second-order valence-electron chi connectivity index (χ2n) is 5.62. The summed E-state index contributed by atoms with van der Waals surface area (Å²) in [4.78, 5) is 12.4. The Bertz CT molecular complexity index is 503. The Morgan fingerprint density at radius 1 is 1.25 bits per heavy atom. The van der Waals surface area contributed by atoms with Crippen LogP contribution in [0.15, 0.2) is 12.3 Å². The third-order valence-corrected chi connectivity index (χ3v) is 2.69. The zero-order valence-corrected chi connectivity index (χ0v) is 10.6. The maximum absolute atomic E-state index is 4.63. The van der Waals surface area contributed by atoms with E-state index in [2.05, 4.69) is 55.6 Å². The van der Waals surface area contributed by atoms with Crippen molar-refractivity contribution in [2.24, 2.45) is 0 Å². The minimum absolute atomic E-state index is 0.0526. The number of imidazole rings is 1. The normalized spacial score (nSPS) is 12.6. The molecule has 0 amide bonds. The second kappa shape index (κ2) is 3.58. The molecule has 0 radical (unpaired) electrons. The third-order valence-electron chi connectivity index (χ3n) is 2.69. The second-order valence-corrected chi connectivity index (χ2v) is 5.62. The molecule has 16 heavy (non-hydrogen) atoms. The summed E-state index contributed by atoms with van der Waals surface area (Å²) in [5.41, 5.74) is 3.19. The van der Waals surface area contributed by atoms with Gasteiger partial charge in [0.2, 0.25) is 0 Å². The number of nitrogens with one attached hydrogen (secondary N) is 1. The predicted octanol–water partition coefficient (Wildman–Crippen LogP) is 3.38. The van der Waals surface area contributed by atoms with Crippen molar-refractivity contribution in [1.29, 1.82) is 0 Å². The highest BCUT2D eigenvalue weighted by atomic mass is 14.9. The van der Waals surface area contributed by atoms with E-state index in [0.29, 0.717) is 5.92 Å². The SMILES string of the molecule is CC(C)c1cc2nc(C(C)(C)C)[nH]c2cn1. The first kappa shape index (κ1) is 11.1. The Hall–Kier alpha value is -1.38. The molecule has 3 heteroatoms. The summed E-state index contributed by atoms with van der Waals surface area (Å²) < 4.78 is 0. The molecule has 86 valence electrons. The van der Waals surface area contributed by atoms with E-state index in [1.807, 2.05) is 6.20 Å². The lowest BCUT2D eigenvalue weighted by molar-refractivity contribution is 0.554. The van der Waals surface area contributed by atoms with Crippen LogP contribution in [0.5, 0.6) is 0 Å². The van der Waals surface area contributed by atoms with Crippen LogP contribution in [0.4, 0.5) is 0 Å². The zero-order valence-electron chi connectivity index (χ0n) is 10.6. The number of aromatic amines is 1. The van der Waals surface area contributed by atoms with Gasteiger partial charge in [-0.2, -0.15) is 0 Å². The van der Waals surface area contributed by atoms with Gasteiger partial charge in [-0.3, -0.25) is 4.98 Å². The molecule has 2 rings (SSSR count). The summed E-state index contributed by atoms with van der Waals surface area (Å²) in [5.74, 6) is 1.46. The molecule has 2 aromatic heterocycles. The molecule has 0 unspecified atom stereocenters. The molecule has 0 fully saturated rings. The maximum Gasteiger partial charge on any atom is 0.112 e. The van der Waals surface area contributed by atoms with E-state index in [1.54, 1.807) is 0 Å². The van der Waals surface area contributed by atoms with Crippen molar-refractivity contribution in [3.05, 3.63) is 23.8 Å². The lowest BCUT2D eigenvalue weighted by Gasteiger charge is -2.13. The first-order valence-electron chi connectivity index (χ1n) is 5.74. The molecule has 0 atom stereocenters. The van der Waals surface area contributed by atoms with Gasteiger partial charge in [0.1, 0.15) is 5.82 Å². The van der Waals surface area contributed by atoms with E-state index >= 15 is 0 Å². The first-order valence-corrected chi connectivity index (χ1v) is 5.74. The summed E-state index contributed by atoms with van der Waals surface area (Å²) in [7, 11) is 0. The number of rotatable bonds is 1. The van der Waals surface area contributed by atoms with Gasteiger partial charge >= 0.3 is 0 Å². The maximum atomic E-state index is 4.63. The van der Waals surface area contributed by atoms with E-state index in [1.165, 1.54) is 0 Å².